The maximum absolute atomic E-state index is 10.5. The summed E-state index contributed by atoms with van der Waals surface area (Å²) in [6, 6.07) is 5.23. The summed E-state index contributed by atoms with van der Waals surface area (Å²) in [7, 11) is 1.55. The third kappa shape index (κ3) is 2.81. The van der Waals surface area contributed by atoms with Gasteiger partial charge in [-0.2, -0.15) is 0 Å². The van der Waals surface area contributed by atoms with Crippen LogP contribution in [0, 0.1) is 13.8 Å². The molecule has 1 aromatic heterocycles. The van der Waals surface area contributed by atoms with Crippen LogP contribution in [0.1, 0.15) is 28.8 Å². The highest BCUT2D eigenvalue weighted by atomic mass is 79.9. The molecule has 1 atom stereocenters. The topological polar surface area (TPSA) is 42.6 Å². The predicted molar refractivity (Wildman–Crippen MR) is 77.9 cm³/mol. The van der Waals surface area contributed by atoms with E-state index in [1.54, 1.807) is 19.2 Å². The molecular formula is C14H14BrClO3. The minimum absolute atomic E-state index is 0.527. The van der Waals surface area contributed by atoms with Crippen molar-refractivity contribution < 1.29 is 14.3 Å². The number of ether oxygens (including phenoxy) is 1. The van der Waals surface area contributed by atoms with E-state index in [2.05, 4.69) is 15.9 Å². The lowest BCUT2D eigenvalue weighted by Crippen LogP contribution is -2.03. The van der Waals surface area contributed by atoms with Gasteiger partial charge in [0.05, 0.1) is 11.6 Å². The Hall–Kier alpha value is -0.970. The molecule has 3 nitrogen and oxygen atoms in total. The van der Waals surface area contributed by atoms with E-state index >= 15 is 0 Å². The maximum Gasteiger partial charge on any atom is 0.139 e. The van der Waals surface area contributed by atoms with Crippen LogP contribution in [-0.4, -0.2) is 12.2 Å². The third-order valence-electron chi connectivity index (χ3n) is 2.91. The molecule has 1 heterocycles. The van der Waals surface area contributed by atoms with E-state index in [1.807, 2.05) is 19.9 Å². The van der Waals surface area contributed by atoms with Gasteiger partial charge in [-0.25, -0.2) is 0 Å². The Balaban J connectivity index is 2.55. The summed E-state index contributed by atoms with van der Waals surface area (Å²) >= 11 is 9.41. The lowest BCUT2D eigenvalue weighted by molar-refractivity contribution is 0.212. The molecule has 5 heteroatoms. The van der Waals surface area contributed by atoms with Gasteiger partial charge in [0, 0.05) is 16.1 Å². The molecule has 1 N–H and O–H groups in total. The molecule has 0 aliphatic carbocycles. The molecule has 1 aromatic carbocycles. The highest BCUT2D eigenvalue weighted by Gasteiger charge is 2.22. The van der Waals surface area contributed by atoms with Crippen molar-refractivity contribution in [1.29, 1.82) is 0 Å². The quantitative estimate of drug-likeness (QED) is 0.896. The maximum atomic E-state index is 10.5. The van der Waals surface area contributed by atoms with Gasteiger partial charge in [-0.3, -0.25) is 0 Å². The molecule has 0 amide bonds. The van der Waals surface area contributed by atoms with Gasteiger partial charge in [0.15, 0.2) is 0 Å². The van der Waals surface area contributed by atoms with E-state index in [4.69, 9.17) is 20.8 Å². The molecule has 0 fully saturated rings. The van der Waals surface area contributed by atoms with E-state index in [9.17, 15) is 5.11 Å². The van der Waals surface area contributed by atoms with Crippen molar-refractivity contribution in [2.24, 2.45) is 0 Å². The van der Waals surface area contributed by atoms with Crippen molar-refractivity contribution in [3.63, 3.8) is 0 Å². The van der Waals surface area contributed by atoms with Crippen LogP contribution in [0.25, 0.3) is 0 Å². The van der Waals surface area contributed by atoms with Crippen molar-refractivity contribution in [1.82, 2.24) is 0 Å². The molecule has 0 saturated carbocycles. The van der Waals surface area contributed by atoms with Crippen LogP contribution in [-0.2, 0) is 0 Å². The average Bonchev–Trinajstić information content (AvgIpc) is 2.66. The number of aliphatic hydroxyl groups is 1. The molecule has 102 valence electrons. The Bertz CT molecular complexity index is 607. The first-order chi connectivity index (χ1) is 8.93. The first kappa shape index (κ1) is 14.4. The van der Waals surface area contributed by atoms with Gasteiger partial charge in [0.25, 0.3) is 0 Å². The molecule has 0 spiro atoms. The monoisotopic (exact) mass is 344 g/mol. The first-order valence-electron chi connectivity index (χ1n) is 5.72. The number of methoxy groups -OCH3 is 1. The number of aryl methyl sites for hydroxylation is 2. The third-order valence-corrected chi connectivity index (χ3v) is 3.72. The second kappa shape index (κ2) is 5.57. The van der Waals surface area contributed by atoms with Crippen molar-refractivity contribution in [3.8, 4) is 5.75 Å². The lowest BCUT2D eigenvalue weighted by Gasteiger charge is -2.16. The Morgan fingerprint density at radius 1 is 1.26 bits per heavy atom. The minimum atomic E-state index is -0.845. The molecule has 2 aromatic rings. The van der Waals surface area contributed by atoms with Crippen LogP contribution in [0.15, 0.2) is 27.1 Å². The fraction of sp³-hybridized carbons (Fsp3) is 0.286. The van der Waals surface area contributed by atoms with Gasteiger partial charge in [0.1, 0.15) is 23.4 Å². The molecule has 0 aliphatic heterocycles. The SMILES string of the molecule is COc1c(Br)cc(Cl)cc1C(O)c1cc(C)oc1C. The Kier molecular flexibility index (Phi) is 4.23. The number of rotatable bonds is 3. The standard InChI is InChI=1S/C14H14BrClO3/c1-7-4-10(8(2)19-7)13(17)11-5-9(16)6-12(15)14(11)18-3/h4-6,13,17H,1-3H3. The highest BCUT2D eigenvalue weighted by Crippen LogP contribution is 2.39. The highest BCUT2D eigenvalue weighted by molar-refractivity contribution is 9.10. The van der Waals surface area contributed by atoms with E-state index in [0.29, 0.717) is 32.1 Å². The summed E-state index contributed by atoms with van der Waals surface area (Å²) in [5, 5.41) is 11.1. The molecule has 19 heavy (non-hydrogen) atoms. The van der Waals surface area contributed by atoms with Crippen molar-refractivity contribution in [2.75, 3.05) is 7.11 Å². The second-order valence-corrected chi connectivity index (χ2v) is 5.57. The zero-order valence-corrected chi connectivity index (χ0v) is 13.2. The Morgan fingerprint density at radius 3 is 2.47 bits per heavy atom. The second-order valence-electron chi connectivity index (χ2n) is 4.28. The largest absolute Gasteiger partial charge is 0.495 e. The smallest absolute Gasteiger partial charge is 0.139 e. The summed E-state index contributed by atoms with van der Waals surface area (Å²) in [4.78, 5) is 0. The summed E-state index contributed by atoms with van der Waals surface area (Å²) in [5.41, 5.74) is 1.32. The molecule has 0 saturated heterocycles. The van der Waals surface area contributed by atoms with Crippen LogP contribution in [0.5, 0.6) is 5.75 Å². The Labute approximate surface area is 125 Å². The summed E-state index contributed by atoms with van der Waals surface area (Å²) < 4.78 is 11.5. The van der Waals surface area contributed by atoms with E-state index in [0.717, 1.165) is 5.76 Å². The average molecular weight is 346 g/mol. The Morgan fingerprint density at radius 2 is 1.95 bits per heavy atom. The van der Waals surface area contributed by atoms with E-state index in [1.165, 1.54) is 0 Å². The van der Waals surface area contributed by atoms with Gasteiger partial charge in [-0.15, -0.1) is 0 Å². The number of hydrogen-bond donors (Lipinski definition) is 1. The van der Waals surface area contributed by atoms with Gasteiger partial charge in [-0.1, -0.05) is 11.6 Å². The molecule has 0 aliphatic rings. The number of hydrogen-bond acceptors (Lipinski definition) is 3. The lowest BCUT2D eigenvalue weighted by atomic mass is 10.0. The van der Waals surface area contributed by atoms with Gasteiger partial charge in [0.2, 0.25) is 0 Å². The number of furan rings is 1. The van der Waals surface area contributed by atoms with E-state index in [-0.39, 0.29) is 0 Å². The molecular weight excluding hydrogens is 332 g/mol. The first-order valence-corrected chi connectivity index (χ1v) is 6.89. The summed E-state index contributed by atoms with van der Waals surface area (Å²) in [5.74, 6) is 2.00. The number of halogens is 2. The van der Waals surface area contributed by atoms with Crippen LogP contribution < -0.4 is 4.74 Å². The molecule has 2 rings (SSSR count). The number of benzene rings is 1. The van der Waals surface area contributed by atoms with E-state index < -0.39 is 6.10 Å². The number of aliphatic hydroxyl groups excluding tert-OH is 1. The zero-order chi connectivity index (χ0) is 14.2. The normalized spacial score (nSPS) is 12.5. The van der Waals surface area contributed by atoms with Crippen molar-refractivity contribution in [3.05, 3.63) is 50.3 Å². The van der Waals surface area contributed by atoms with Gasteiger partial charge >= 0.3 is 0 Å². The van der Waals surface area contributed by atoms with Crippen LogP contribution >= 0.6 is 27.5 Å². The molecule has 1 unspecified atom stereocenters. The van der Waals surface area contributed by atoms with Crippen molar-refractivity contribution >= 4 is 27.5 Å². The van der Waals surface area contributed by atoms with Crippen LogP contribution in [0.2, 0.25) is 5.02 Å². The van der Waals surface area contributed by atoms with Crippen molar-refractivity contribution in [2.45, 2.75) is 20.0 Å². The summed E-state index contributed by atoms with van der Waals surface area (Å²) in [6.45, 7) is 3.66. The zero-order valence-electron chi connectivity index (χ0n) is 10.8. The minimum Gasteiger partial charge on any atom is -0.495 e. The van der Waals surface area contributed by atoms with Gasteiger partial charge < -0.3 is 14.3 Å². The van der Waals surface area contributed by atoms with Crippen LogP contribution in [0.4, 0.5) is 0 Å². The van der Waals surface area contributed by atoms with Crippen LogP contribution in [0.3, 0.4) is 0 Å². The fourth-order valence-electron chi connectivity index (χ4n) is 2.09. The summed E-state index contributed by atoms with van der Waals surface area (Å²) in [6.07, 6.45) is -0.845. The fourth-order valence-corrected chi connectivity index (χ4v) is 3.08. The molecule has 0 bridgehead atoms. The molecule has 0 radical (unpaired) electrons. The predicted octanol–water partition coefficient (Wildman–Crippen LogP) is 4.40. The van der Waals surface area contributed by atoms with Gasteiger partial charge in [-0.05, 0) is 48.0 Å².